The number of benzene rings is 2. The normalized spacial score (nSPS) is 25.8. The largest absolute Gasteiger partial charge is 0.493 e. The average Bonchev–Trinajstić information content (AvgIpc) is 3.19. The van der Waals surface area contributed by atoms with Crippen LogP contribution in [-0.4, -0.2) is 79.1 Å². The molecule has 5 atom stereocenters. The number of nitrogens with zero attached hydrogens (tertiary/aromatic N) is 2. The van der Waals surface area contributed by atoms with E-state index < -0.39 is 23.2 Å². The summed E-state index contributed by atoms with van der Waals surface area (Å²) >= 11 is 0. The van der Waals surface area contributed by atoms with Crippen LogP contribution in [0.2, 0.25) is 0 Å². The van der Waals surface area contributed by atoms with Crippen molar-refractivity contribution in [1.29, 1.82) is 0 Å². The summed E-state index contributed by atoms with van der Waals surface area (Å²) in [7, 11) is 5.73. The Kier molecular flexibility index (Phi) is 10.6. The number of carbonyl (C=O) groups excluding carboxylic acids is 1. The SMILES string of the molecule is COc1cc(CN[C@H]2CCC[C@H]3N(C(=O)OC(C)(C)C)[C@@H](c4ccc(F)cc4)C[C@@]3(C)[C@@H]2O)ccc1OCCCN(C)C. The topological polar surface area (TPSA) is 83.5 Å². The number of hydrogen-bond donors (Lipinski definition) is 2. The Morgan fingerprint density at radius 2 is 1.86 bits per heavy atom. The van der Waals surface area contributed by atoms with E-state index >= 15 is 0 Å². The van der Waals surface area contributed by atoms with Gasteiger partial charge >= 0.3 is 6.09 Å². The molecule has 9 heteroatoms. The molecule has 0 radical (unpaired) electrons. The van der Waals surface area contributed by atoms with Crippen LogP contribution in [0.15, 0.2) is 42.5 Å². The van der Waals surface area contributed by atoms with Gasteiger partial charge in [-0.1, -0.05) is 25.1 Å². The second kappa shape index (κ2) is 13.8. The zero-order chi connectivity index (χ0) is 31.4. The number of carbonyl (C=O) groups is 1. The van der Waals surface area contributed by atoms with E-state index in [1.165, 1.54) is 12.1 Å². The van der Waals surface area contributed by atoms with Gasteiger partial charge in [0.25, 0.3) is 0 Å². The highest BCUT2D eigenvalue weighted by Crippen LogP contribution is 2.54. The van der Waals surface area contributed by atoms with Gasteiger partial charge in [0, 0.05) is 30.6 Å². The molecule has 2 aromatic carbocycles. The molecule has 1 aliphatic carbocycles. The lowest BCUT2D eigenvalue weighted by molar-refractivity contribution is -0.0186. The van der Waals surface area contributed by atoms with E-state index in [0.717, 1.165) is 49.1 Å². The fourth-order valence-electron chi connectivity index (χ4n) is 6.62. The Labute approximate surface area is 256 Å². The molecule has 2 aliphatic rings. The van der Waals surface area contributed by atoms with Crippen molar-refractivity contribution in [3.8, 4) is 11.5 Å². The molecule has 238 valence electrons. The van der Waals surface area contributed by atoms with Crippen LogP contribution in [0, 0.1) is 11.2 Å². The Hall–Kier alpha value is -2.88. The summed E-state index contributed by atoms with van der Waals surface area (Å²) in [6, 6.07) is 11.5. The molecule has 43 heavy (non-hydrogen) atoms. The number of aliphatic hydroxyl groups is 1. The number of hydrogen-bond acceptors (Lipinski definition) is 7. The number of aliphatic hydroxyl groups excluding tert-OH is 1. The van der Waals surface area contributed by atoms with Crippen molar-refractivity contribution in [3.05, 3.63) is 59.4 Å². The lowest BCUT2D eigenvalue weighted by Gasteiger charge is -2.39. The van der Waals surface area contributed by atoms with Gasteiger partial charge in [0.1, 0.15) is 11.4 Å². The molecule has 2 fully saturated rings. The lowest BCUT2D eigenvalue weighted by Crippen LogP contribution is -2.52. The van der Waals surface area contributed by atoms with Crippen LogP contribution in [0.5, 0.6) is 11.5 Å². The summed E-state index contributed by atoms with van der Waals surface area (Å²) in [4.78, 5) is 17.6. The number of ether oxygens (including phenoxy) is 3. The van der Waals surface area contributed by atoms with Crippen LogP contribution in [0.25, 0.3) is 0 Å². The van der Waals surface area contributed by atoms with E-state index in [0.29, 0.717) is 25.3 Å². The van der Waals surface area contributed by atoms with Crippen molar-refractivity contribution in [2.45, 2.75) is 96.2 Å². The second-order valence-corrected chi connectivity index (χ2v) is 13.5. The van der Waals surface area contributed by atoms with Crippen molar-refractivity contribution < 1.29 is 28.5 Å². The summed E-state index contributed by atoms with van der Waals surface area (Å²) in [5, 5.41) is 15.6. The van der Waals surface area contributed by atoms with Crippen molar-refractivity contribution >= 4 is 6.09 Å². The molecular formula is C34H50FN3O5. The summed E-state index contributed by atoms with van der Waals surface area (Å²) in [6.07, 6.45) is 2.73. The predicted octanol–water partition coefficient (Wildman–Crippen LogP) is 5.92. The van der Waals surface area contributed by atoms with Gasteiger partial charge in [0.15, 0.2) is 11.5 Å². The molecule has 1 heterocycles. The van der Waals surface area contributed by atoms with Gasteiger partial charge in [-0.2, -0.15) is 0 Å². The van der Waals surface area contributed by atoms with Crippen LogP contribution in [-0.2, 0) is 11.3 Å². The Balaban J connectivity index is 1.50. The average molecular weight is 600 g/mol. The summed E-state index contributed by atoms with van der Waals surface area (Å²) in [5.74, 6) is 1.08. The third kappa shape index (κ3) is 7.99. The number of methoxy groups -OCH3 is 1. The van der Waals surface area contributed by atoms with Gasteiger partial charge in [0.05, 0.1) is 25.9 Å². The lowest BCUT2D eigenvalue weighted by atomic mass is 9.74. The molecule has 4 rings (SSSR count). The van der Waals surface area contributed by atoms with Gasteiger partial charge in [-0.25, -0.2) is 9.18 Å². The maximum atomic E-state index is 13.8. The van der Waals surface area contributed by atoms with Gasteiger partial charge in [-0.15, -0.1) is 0 Å². The van der Waals surface area contributed by atoms with E-state index in [4.69, 9.17) is 14.2 Å². The van der Waals surface area contributed by atoms with Gasteiger partial charge in [0.2, 0.25) is 0 Å². The van der Waals surface area contributed by atoms with Crippen LogP contribution < -0.4 is 14.8 Å². The first-order valence-electron chi connectivity index (χ1n) is 15.4. The number of fused-ring (bicyclic) bond motifs is 1. The third-order valence-corrected chi connectivity index (χ3v) is 8.78. The molecule has 0 spiro atoms. The number of nitrogens with one attached hydrogen (secondary N) is 1. The highest BCUT2D eigenvalue weighted by atomic mass is 19.1. The van der Waals surface area contributed by atoms with E-state index in [1.54, 1.807) is 19.2 Å². The molecule has 2 N–H and O–H groups in total. The Morgan fingerprint density at radius 3 is 2.51 bits per heavy atom. The number of halogens is 1. The van der Waals surface area contributed by atoms with Crippen molar-refractivity contribution in [3.63, 3.8) is 0 Å². The number of amides is 1. The molecule has 1 aliphatic heterocycles. The van der Waals surface area contributed by atoms with Crippen molar-refractivity contribution in [2.75, 3.05) is 34.4 Å². The summed E-state index contributed by atoms with van der Waals surface area (Å²) in [5.41, 5.74) is 0.618. The Bertz CT molecular complexity index is 1220. The first kappa shape index (κ1) is 33.0. The molecule has 0 aromatic heterocycles. The fraction of sp³-hybridized carbons (Fsp3) is 0.618. The first-order chi connectivity index (χ1) is 20.3. The van der Waals surface area contributed by atoms with E-state index in [9.17, 15) is 14.3 Å². The van der Waals surface area contributed by atoms with E-state index in [-0.39, 0.29) is 23.9 Å². The van der Waals surface area contributed by atoms with Gasteiger partial charge in [-0.05, 0) is 102 Å². The minimum absolute atomic E-state index is 0.171. The molecule has 2 aromatic rings. The van der Waals surface area contributed by atoms with Crippen LogP contribution >= 0.6 is 0 Å². The van der Waals surface area contributed by atoms with Crippen molar-refractivity contribution in [2.24, 2.45) is 5.41 Å². The first-order valence-corrected chi connectivity index (χ1v) is 15.4. The molecule has 0 bridgehead atoms. The fourth-order valence-corrected chi connectivity index (χ4v) is 6.62. The van der Waals surface area contributed by atoms with Gasteiger partial charge < -0.3 is 29.5 Å². The minimum Gasteiger partial charge on any atom is -0.493 e. The predicted molar refractivity (Wildman–Crippen MR) is 166 cm³/mol. The molecular weight excluding hydrogens is 549 g/mol. The zero-order valence-electron chi connectivity index (χ0n) is 26.9. The van der Waals surface area contributed by atoms with Gasteiger partial charge in [-0.3, -0.25) is 4.90 Å². The van der Waals surface area contributed by atoms with Crippen molar-refractivity contribution in [1.82, 2.24) is 15.1 Å². The number of rotatable bonds is 10. The zero-order valence-corrected chi connectivity index (χ0v) is 26.9. The molecule has 0 unspecified atom stereocenters. The smallest absolute Gasteiger partial charge is 0.411 e. The quantitative estimate of drug-likeness (QED) is 0.328. The highest BCUT2D eigenvalue weighted by molar-refractivity contribution is 5.70. The number of likely N-dealkylation sites (tertiary alicyclic amines) is 1. The van der Waals surface area contributed by atoms with Crippen LogP contribution in [0.1, 0.15) is 77.0 Å². The van der Waals surface area contributed by atoms with E-state index in [2.05, 4.69) is 17.1 Å². The third-order valence-electron chi connectivity index (χ3n) is 8.78. The molecule has 1 saturated heterocycles. The second-order valence-electron chi connectivity index (χ2n) is 13.5. The van der Waals surface area contributed by atoms with Crippen LogP contribution in [0.4, 0.5) is 9.18 Å². The monoisotopic (exact) mass is 599 g/mol. The highest BCUT2D eigenvalue weighted by Gasteiger charge is 2.57. The summed E-state index contributed by atoms with van der Waals surface area (Å²) < 4.78 is 31.2. The maximum absolute atomic E-state index is 13.8. The Morgan fingerprint density at radius 1 is 1.14 bits per heavy atom. The molecule has 8 nitrogen and oxygen atoms in total. The molecule has 1 saturated carbocycles. The maximum Gasteiger partial charge on any atom is 0.411 e. The van der Waals surface area contributed by atoms with E-state index in [1.807, 2.05) is 58.0 Å². The van der Waals surface area contributed by atoms with Crippen LogP contribution in [0.3, 0.4) is 0 Å². The standard InChI is InChI=1S/C34H50FN3O5/c1-33(2,3)43-32(40)38-27(24-13-15-25(35)16-14-24)21-34(4)30(38)11-8-10-26(31(34)39)36-22-23-12-17-28(29(20-23)41-7)42-19-9-18-37(5)6/h12-17,20,26-27,30-31,36,39H,8-11,18-19,21-22H2,1-7H3/t26-,27+,30+,31+,34+/m0/s1. The summed E-state index contributed by atoms with van der Waals surface area (Å²) in [6.45, 7) is 9.76. The minimum atomic E-state index is -0.711. The molecule has 1 amide bonds.